The van der Waals surface area contributed by atoms with Crippen molar-refractivity contribution in [1.29, 1.82) is 0 Å². The van der Waals surface area contributed by atoms with Crippen molar-refractivity contribution in [3.8, 4) is 0 Å². The third-order valence-electron chi connectivity index (χ3n) is 4.27. The molecule has 0 aliphatic carbocycles. The molecule has 4 rings (SSSR count). The van der Waals surface area contributed by atoms with E-state index >= 15 is 0 Å². The number of nitrogens with one attached hydrogen (secondary N) is 2. The van der Waals surface area contributed by atoms with Crippen molar-refractivity contribution >= 4 is 46.8 Å². The number of allylic oxidation sites excluding steroid dienone is 1. The highest BCUT2D eigenvalue weighted by molar-refractivity contribution is 6.30. The topological polar surface area (TPSA) is 83.0 Å². The third-order valence-corrected chi connectivity index (χ3v) is 4.51. The molecule has 0 unspecified atom stereocenters. The number of rotatable bonds is 6. The molecule has 8 heteroatoms. The zero-order valence-electron chi connectivity index (χ0n) is 14.8. The van der Waals surface area contributed by atoms with Gasteiger partial charge in [0.25, 0.3) is 0 Å². The first-order valence-electron chi connectivity index (χ1n) is 8.71. The molecule has 2 heterocycles. The highest BCUT2D eigenvalue weighted by atomic mass is 35.5. The highest BCUT2D eigenvalue weighted by Crippen LogP contribution is 2.31. The quantitative estimate of drug-likeness (QED) is 0.483. The second-order valence-corrected chi connectivity index (χ2v) is 6.59. The van der Waals surface area contributed by atoms with Crippen LogP contribution in [-0.2, 0) is 11.2 Å². The maximum Gasteiger partial charge on any atom is 0.232 e. The summed E-state index contributed by atoms with van der Waals surface area (Å²) in [6.45, 7) is 0.850. The van der Waals surface area contributed by atoms with Crippen LogP contribution in [0, 0.1) is 0 Å². The molecule has 2 N–H and O–H groups in total. The number of nitrogens with zero attached hydrogens (tertiary/aromatic N) is 4. The summed E-state index contributed by atoms with van der Waals surface area (Å²) in [5.74, 6) is 0.837. The summed E-state index contributed by atoms with van der Waals surface area (Å²) in [4.78, 5) is 25.4. The molecular formula is C20H17ClN6O. The minimum atomic E-state index is 0.413. The smallest absolute Gasteiger partial charge is 0.232 e. The van der Waals surface area contributed by atoms with Crippen molar-refractivity contribution in [2.75, 3.05) is 22.1 Å². The average Bonchev–Trinajstić information content (AvgIpc) is 3.09. The van der Waals surface area contributed by atoms with Gasteiger partial charge in [-0.1, -0.05) is 23.7 Å². The van der Waals surface area contributed by atoms with Crippen LogP contribution in [0.25, 0.3) is 0 Å². The summed E-state index contributed by atoms with van der Waals surface area (Å²) >= 11 is 6.01. The third kappa shape index (κ3) is 4.10. The second-order valence-electron chi connectivity index (χ2n) is 6.16. The Balaban J connectivity index is 1.52. The molecule has 2 aromatic carbocycles. The number of fused-ring (bicyclic) bond motifs is 1. The number of carbonyl (C=O) groups excluding carboxylic acids is 1. The lowest BCUT2D eigenvalue weighted by Gasteiger charge is -2.15. The van der Waals surface area contributed by atoms with Crippen molar-refractivity contribution < 1.29 is 4.79 Å². The predicted molar refractivity (Wildman–Crippen MR) is 111 cm³/mol. The van der Waals surface area contributed by atoms with Crippen molar-refractivity contribution in [2.45, 2.75) is 6.42 Å². The first-order valence-corrected chi connectivity index (χ1v) is 9.09. The second kappa shape index (κ2) is 8.06. The van der Waals surface area contributed by atoms with Gasteiger partial charge in [-0.15, -0.1) is 0 Å². The monoisotopic (exact) mass is 392 g/mol. The van der Waals surface area contributed by atoms with E-state index in [1.807, 2.05) is 24.3 Å². The summed E-state index contributed by atoms with van der Waals surface area (Å²) in [5, 5.41) is 6.93. The standard InChI is InChI=1S/C20H17ClN6O/c21-15-3-1-4-16(11-15)24-19-22-13-23-20(26-19)25-17-6-5-14-7-9-27(8-2-10-28)18(14)12-17/h1-6,8,10-13H,7,9H2,(H2,22,23,24,25,26). The predicted octanol–water partition coefficient (Wildman–Crippen LogP) is 4.09. The number of benzene rings is 2. The number of carbonyl (C=O) groups is 1. The molecule has 1 aliphatic rings. The Bertz CT molecular complexity index is 1040. The maximum atomic E-state index is 10.6. The molecule has 0 atom stereocenters. The van der Waals surface area contributed by atoms with E-state index in [2.05, 4.69) is 36.6 Å². The van der Waals surface area contributed by atoms with Gasteiger partial charge in [-0.2, -0.15) is 4.98 Å². The Morgan fingerprint density at radius 3 is 2.57 bits per heavy atom. The van der Waals surface area contributed by atoms with Crippen LogP contribution in [0.15, 0.2) is 61.1 Å². The maximum absolute atomic E-state index is 10.6. The lowest BCUT2D eigenvalue weighted by Crippen LogP contribution is -2.11. The van der Waals surface area contributed by atoms with E-state index in [-0.39, 0.29) is 0 Å². The molecule has 0 bridgehead atoms. The fourth-order valence-electron chi connectivity index (χ4n) is 3.02. The Labute approximate surface area is 167 Å². The van der Waals surface area contributed by atoms with E-state index in [1.165, 1.54) is 18.0 Å². The number of hydrogen-bond donors (Lipinski definition) is 2. The minimum absolute atomic E-state index is 0.413. The van der Waals surface area contributed by atoms with E-state index in [4.69, 9.17) is 11.6 Å². The average molecular weight is 393 g/mol. The molecule has 28 heavy (non-hydrogen) atoms. The summed E-state index contributed by atoms with van der Waals surface area (Å²) in [7, 11) is 0. The van der Waals surface area contributed by atoms with Gasteiger partial charge < -0.3 is 15.5 Å². The summed E-state index contributed by atoms with van der Waals surface area (Å²) in [5.41, 5.74) is 3.94. The van der Waals surface area contributed by atoms with Crippen LogP contribution in [0.5, 0.6) is 0 Å². The van der Waals surface area contributed by atoms with Gasteiger partial charge in [0, 0.05) is 34.8 Å². The zero-order chi connectivity index (χ0) is 19.3. The lowest BCUT2D eigenvalue weighted by molar-refractivity contribution is -0.104. The van der Waals surface area contributed by atoms with Crippen LogP contribution < -0.4 is 15.5 Å². The van der Waals surface area contributed by atoms with Crippen molar-refractivity contribution in [3.05, 3.63) is 71.7 Å². The first kappa shape index (κ1) is 17.9. The molecular weight excluding hydrogens is 376 g/mol. The van der Waals surface area contributed by atoms with Crippen LogP contribution in [0.1, 0.15) is 5.56 Å². The number of hydrogen-bond acceptors (Lipinski definition) is 7. The SMILES string of the molecule is O=CC=CN1CCc2ccc(Nc3ncnc(Nc4cccc(Cl)c4)n3)cc21. The summed E-state index contributed by atoms with van der Waals surface area (Å²) < 4.78 is 0. The van der Waals surface area contributed by atoms with E-state index < -0.39 is 0 Å². The van der Waals surface area contributed by atoms with Gasteiger partial charge in [0.15, 0.2) is 0 Å². The van der Waals surface area contributed by atoms with Crippen LogP contribution in [0.2, 0.25) is 5.02 Å². The molecule has 1 aromatic heterocycles. The number of anilines is 5. The summed E-state index contributed by atoms with van der Waals surface area (Å²) in [6, 6.07) is 13.4. The molecule has 3 aromatic rings. The Kier molecular flexibility index (Phi) is 5.16. The fraction of sp³-hybridized carbons (Fsp3) is 0.100. The zero-order valence-corrected chi connectivity index (χ0v) is 15.6. The van der Waals surface area contributed by atoms with Crippen molar-refractivity contribution in [3.63, 3.8) is 0 Å². The van der Waals surface area contributed by atoms with E-state index in [1.54, 1.807) is 18.3 Å². The van der Waals surface area contributed by atoms with Crippen molar-refractivity contribution in [2.24, 2.45) is 0 Å². The van der Waals surface area contributed by atoms with Crippen LogP contribution in [0.3, 0.4) is 0 Å². The van der Waals surface area contributed by atoms with Gasteiger partial charge in [0.05, 0.1) is 0 Å². The van der Waals surface area contributed by atoms with Gasteiger partial charge in [-0.25, -0.2) is 9.97 Å². The number of aromatic nitrogens is 3. The van der Waals surface area contributed by atoms with Crippen LogP contribution in [-0.4, -0.2) is 27.8 Å². The van der Waals surface area contributed by atoms with Crippen molar-refractivity contribution in [1.82, 2.24) is 15.0 Å². The van der Waals surface area contributed by atoms with E-state index in [0.29, 0.717) is 16.9 Å². The van der Waals surface area contributed by atoms with E-state index in [0.717, 1.165) is 36.3 Å². The highest BCUT2D eigenvalue weighted by Gasteiger charge is 2.17. The normalized spacial score (nSPS) is 12.8. The van der Waals surface area contributed by atoms with Crippen LogP contribution >= 0.6 is 11.6 Å². The molecule has 0 saturated heterocycles. The number of aldehydes is 1. The Morgan fingerprint density at radius 2 is 1.82 bits per heavy atom. The molecule has 0 fully saturated rings. The Morgan fingerprint density at radius 1 is 1.04 bits per heavy atom. The molecule has 1 aliphatic heterocycles. The van der Waals surface area contributed by atoms with E-state index in [9.17, 15) is 4.79 Å². The molecule has 0 amide bonds. The molecule has 140 valence electrons. The Hall–Kier alpha value is -3.45. The molecule has 0 spiro atoms. The van der Waals surface area contributed by atoms with Crippen LogP contribution in [0.4, 0.5) is 29.0 Å². The van der Waals surface area contributed by atoms with Gasteiger partial charge in [0.2, 0.25) is 11.9 Å². The van der Waals surface area contributed by atoms with Gasteiger partial charge >= 0.3 is 0 Å². The largest absolute Gasteiger partial charge is 0.347 e. The fourth-order valence-corrected chi connectivity index (χ4v) is 3.21. The van der Waals surface area contributed by atoms with Gasteiger partial charge in [-0.05, 0) is 48.4 Å². The minimum Gasteiger partial charge on any atom is -0.347 e. The number of halogens is 1. The molecule has 7 nitrogen and oxygen atoms in total. The van der Waals surface area contributed by atoms with Gasteiger partial charge in [-0.3, -0.25) is 4.79 Å². The first-order chi connectivity index (χ1) is 13.7. The summed E-state index contributed by atoms with van der Waals surface area (Å²) in [6.07, 6.45) is 6.44. The van der Waals surface area contributed by atoms with Gasteiger partial charge in [0.1, 0.15) is 12.6 Å². The molecule has 0 radical (unpaired) electrons. The lowest BCUT2D eigenvalue weighted by atomic mass is 10.1. The molecule has 0 saturated carbocycles.